The Labute approximate surface area is 122 Å². The van der Waals surface area contributed by atoms with E-state index in [1.54, 1.807) is 36.0 Å². The molecule has 0 aromatic heterocycles. The maximum absolute atomic E-state index is 11.9. The van der Waals surface area contributed by atoms with Crippen molar-refractivity contribution in [2.24, 2.45) is 0 Å². The lowest BCUT2D eigenvalue weighted by Gasteiger charge is -2.05. The average Bonchev–Trinajstić information content (AvgIpc) is 2.41. The molecule has 0 aliphatic carbocycles. The third-order valence-electron chi connectivity index (χ3n) is 2.58. The highest BCUT2D eigenvalue weighted by molar-refractivity contribution is 7.99. The summed E-state index contributed by atoms with van der Waals surface area (Å²) in [6, 6.07) is 15.1. The Hall–Kier alpha value is -1.45. The summed E-state index contributed by atoms with van der Waals surface area (Å²) in [7, 11) is 0. The first-order chi connectivity index (χ1) is 9.15. The summed E-state index contributed by atoms with van der Waals surface area (Å²) in [6.45, 7) is 2.05. The molecule has 2 rings (SSSR count). The van der Waals surface area contributed by atoms with Gasteiger partial charge in [0.1, 0.15) is 0 Å². The van der Waals surface area contributed by atoms with E-state index >= 15 is 0 Å². The first-order valence-electron chi connectivity index (χ1n) is 5.88. The molecule has 2 aromatic carbocycles. The van der Waals surface area contributed by atoms with Crippen LogP contribution in [-0.4, -0.2) is 11.8 Å². The summed E-state index contributed by atoms with van der Waals surface area (Å²) in [5.74, 6) is 0.427. The fraction of sp³-hybridized carbons (Fsp3) is 0.133. The van der Waals surface area contributed by atoms with Crippen LogP contribution in [0.3, 0.4) is 0 Å². The Morgan fingerprint density at radius 2 is 1.95 bits per heavy atom. The molecule has 1 N–H and O–H groups in total. The summed E-state index contributed by atoms with van der Waals surface area (Å²) in [5.41, 5.74) is 1.81. The van der Waals surface area contributed by atoms with Crippen LogP contribution < -0.4 is 5.32 Å². The van der Waals surface area contributed by atoms with E-state index in [0.29, 0.717) is 16.5 Å². The SMILES string of the molecule is Cc1ccc(SCNC(=O)c2cccc(Cl)c2)cc1. The van der Waals surface area contributed by atoms with Gasteiger partial charge in [0, 0.05) is 15.5 Å². The van der Waals surface area contributed by atoms with Gasteiger partial charge in [-0.1, -0.05) is 35.4 Å². The van der Waals surface area contributed by atoms with E-state index in [1.807, 2.05) is 12.1 Å². The summed E-state index contributed by atoms with van der Waals surface area (Å²) in [4.78, 5) is 13.0. The van der Waals surface area contributed by atoms with Crippen molar-refractivity contribution >= 4 is 29.3 Å². The number of aryl methyl sites for hydroxylation is 1. The van der Waals surface area contributed by atoms with E-state index < -0.39 is 0 Å². The number of carbonyl (C=O) groups is 1. The third-order valence-corrected chi connectivity index (χ3v) is 3.71. The second-order valence-electron chi connectivity index (χ2n) is 4.12. The molecule has 0 radical (unpaired) electrons. The van der Waals surface area contributed by atoms with Gasteiger partial charge in [-0.25, -0.2) is 0 Å². The predicted octanol–water partition coefficient (Wildman–Crippen LogP) is 4.13. The zero-order valence-corrected chi connectivity index (χ0v) is 12.1. The molecule has 0 saturated heterocycles. The molecule has 98 valence electrons. The lowest BCUT2D eigenvalue weighted by Crippen LogP contribution is -2.22. The van der Waals surface area contributed by atoms with Crippen molar-refractivity contribution in [1.29, 1.82) is 0 Å². The highest BCUT2D eigenvalue weighted by Crippen LogP contribution is 2.17. The molecular formula is C15H14ClNOS. The van der Waals surface area contributed by atoms with Crippen molar-refractivity contribution in [2.75, 3.05) is 5.88 Å². The quantitative estimate of drug-likeness (QED) is 0.678. The smallest absolute Gasteiger partial charge is 0.251 e. The van der Waals surface area contributed by atoms with Gasteiger partial charge >= 0.3 is 0 Å². The zero-order chi connectivity index (χ0) is 13.7. The zero-order valence-electron chi connectivity index (χ0n) is 10.5. The second-order valence-corrected chi connectivity index (χ2v) is 5.60. The molecule has 0 saturated carbocycles. The molecule has 4 heteroatoms. The Kier molecular flexibility index (Phi) is 4.88. The highest BCUT2D eigenvalue weighted by Gasteiger charge is 2.05. The van der Waals surface area contributed by atoms with Crippen molar-refractivity contribution in [2.45, 2.75) is 11.8 Å². The van der Waals surface area contributed by atoms with Crippen molar-refractivity contribution in [3.05, 3.63) is 64.7 Å². The minimum absolute atomic E-state index is 0.109. The molecule has 0 fully saturated rings. The second kappa shape index (κ2) is 6.64. The number of carbonyl (C=O) groups excluding carboxylic acids is 1. The number of benzene rings is 2. The summed E-state index contributed by atoms with van der Waals surface area (Å²) >= 11 is 7.44. The van der Waals surface area contributed by atoms with E-state index in [9.17, 15) is 4.79 Å². The lowest BCUT2D eigenvalue weighted by atomic mass is 10.2. The van der Waals surface area contributed by atoms with Gasteiger partial charge in [0.2, 0.25) is 0 Å². The molecule has 0 spiro atoms. The van der Waals surface area contributed by atoms with Crippen LogP contribution in [0.15, 0.2) is 53.4 Å². The molecule has 0 aliphatic rings. The van der Waals surface area contributed by atoms with Crippen LogP contribution in [0, 0.1) is 6.92 Å². The third kappa shape index (κ3) is 4.30. The molecule has 1 amide bonds. The summed E-state index contributed by atoms with van der Waals surface area (Å²) in [5, 5.41) is 3.42. The van der Waals surface area contributed by atoms with Crippen molar-refractivity contribution in [3.8, 4) is 0 Å². The fourth-order valence-electron chi connectivity index (χ4n) is 1.55. The van der Waals surface area contributed by atoms with Gasteiger partial charge in [-0.2, -0.15) is 0 Å². The van der Waals surface area contributed by atoms with Crippen LogP contribution >= 0.6 is 23.4 Å². The highest BCUT2D eigenvalue weighted by atomic mass is 35.5. The van der Waals surface area contributed by atoms with Crippen LogP contribution in [0.1, 0.15) is 15.9 Å². The Morgan fingerprint density at radius 1 is 1.21 bits per heavy atom. The van der Waals surface area contributed by atoms with Gasteiger partial charge in [0.05, 0.1) is 5.88 Å². The van der Waals surface area contributed by atoms with Crippen LogP contribution in [0.4, 0.5) is 0 Å². The van der Waals surface area contributed by atoms with Gasteiger partial charge in [-0.15, -0.1) is 11.8 Å². The number of hydrogen-bond donors (Lipinski definition) is 1. The van der Waals surface area contributed by atoms with Crippen LogP contribution in [0.25, 0.3) is 0 Å². The Balaban J connectivity index is 1.86. The number of amides is 1. The monoisotopic (exact) mass is 291 g/mol. The van der Waals surface area contributed by atoms with Crippen LogP contribution in [-0.2, 0) is 0 Å². The number of rotatable bonds is 4. The summed E-state index contributed by atoms with van der Waals surface area (Å²) in [6.07, 6.45) is 0. The van der Waals surface area contributed by atoms with Crippen molar-refractivity contribution < 1.29 is 4.79 Å². The van der Waals surface area contributed by atoms with Gasteiger partial charge in [-0.3, -0.25) is 4.79 Å². The molecular weight excluding hydrogens is 278 g/mol. The van der Waals surface area contributed by atoms with Gasteiger partial charge < -0.3 is 5.32 Å². The van der Waals surface area contributed by atoms with Gasteiger partial charge in [-0.05, 0) is 37.3 Å². The number of thioether (sulfide) groups is 1. The van der Waals surface area contributed by atoms with Gasteiger partial charge in [0.15, 0.2) is 0 Å². The van der Waals surface area contributed by atoms with E-state index in [0.717, 1.165) is 4.90 Å². The molecule has 0 atom stereocenters. The normalized spacial score (nSPS) is 10.2. The molecule has 0 aliphatic heterocycles. The average molecular weight is 292 g/mol. The van der Waals surface area contributed by atoms with E-state index in [2.05, 4.69) is 24.4 Å². The van der Waals surface area contributed by atoms with Gasteiger partial charge in [0.25, 0.3) is 5.91 Å². The minimum Gasteiger partial charge on any atom is -0.343 e. The van der Waals surface area contributed by atoms with Crippen molar-refractivity contribution in [3.63, 3.8) is 0 Å². The van der Waals surface area contributed by atoms with Crippen LogP contribution in [0.2, 0.25) is 5.02 Å². The number of halogens is 1. The molecule has 19 heavy (non-hydrogen) atoms. The predicted molar refractivity (Wildman–Crippen MR) is 80.8 cm³/mol. The Bertz CT molecular complexity index is 569. The molecule has 2 nitrogen and oxygen atoms in total. The number of hydrogen-bond acceptors (Lipinski definition) is 2. The number of nitrogens with one attached hydrogen (secondary N) is 1. The maximum atomic E-state index is 11.9. The topological polar surface area (TPSA) is 29.1 Å². The largest absolute Gasteiger partial charge is 0.343 e. The van der Waals surface area contributed by atoms with E-state index in [1.165, 1.54) is 5.56 Å². The lowest BCUT2D eigenvalue weighted by molar-refractivity contribution is 0.0961. The molecule has 0 bridgehead atoms. The first kappa shape index (κ1) is 14.0. The molecule has 0 heterocycles. The minimum atomic E-state index is -0.109. The van der Waals surface area contributed by atoms with Crippen molar-refractivity contribution in [1.82, 2.24) is 5.32 Å². The van der Waals surface area contributed by atoms with E-state index in [4.69, 9.17) is 11.6 Å². The summed E-state index contributed by atoms with van der Waals surface area (Å²) < 4.78 is 0. The fourth-order valence-corrected chi connectivity index (χ4v) is 2.44. The Morgan fingerprint density at radius 3 is 2.63 bits per heavy atom. The van der Waals surface area contributed by atoms with Crippen LogP contribution in [0.5, 0.6) is 0 Å². The first-order valence-corrected chi connectivity index (χ1v) is 7.25. The molecule has 2 aromatic rings. The molecule has 0 unspecified atom stereocenters. The standard InChI is InChI=1S/C15H14ClNOS/c1-11-5-7-14(8-6-11)19-10-17-15(18)12-3-2-4-13(16)9-12/h2-9H,10H2,1H3,(H,17,18). The van der Waals surface area contributed by atoms with E-state index in [-0.39, 0.29) is 5.91 Å². The maximum Gasteiger partial charge on any atom is 0.251 e.